The minimum absolute atomic E-state index is 0.0362. The Hall–Kier alpha value is -3.03. The lowest BCUT2D eigenvalue weighted by Crippen LogP contribution is -2.38. The standard InChI is InChI=1S/C23H23ClN2O4S/c1-3-30-21-11-9-20(10-12-21)26(31(28,29)22-13-7-18(24)8-14-22)16-23(27)25-19-6-4-5-17(2)15-19/h4-15H,3,16H2,1-2H3,(H,25,27). The first-order chi connectivity index (χ1) is 14.8. The van der Waals surface area contributed by atoms with E-state index in [1.54, 1.807) is 30.3 Å². The molecule has 1 amide bonds. The topological polar surface area (TPSA) is 75.7 Å². The average Bonchev–Trinajstić information content (AvgIpc) is 2.73. The number of sulfonamides is 1. The van der Waals surface area contributed by atoms with Gasteiger partial charge in [-0.1, -0.05) is 23.7 Å². The maximum Gasteiger partial charge on any atom is 0.264 e. The number of rotatable bonds is 8. The summed E-state index contributed by atoms with van der Waals surface area (Å²) in [7, 11) is -4.02. The van der Waals surface area contributed by atoms with Crippen molar-refractivity contribution in [2.75, 3.05) is 22.8 Å². The van der Waals surface area contributed by atoms with E-state index in [4.69, 9.17) is 16.3 Å². The molecular formula is C23H23ClN2O4S. The van der Waals surface area contributed by atoms with Crippen molar-refractivity contribution >= 4 is 38.9 Å². The van der Waals surface area contributed by atoms with Gasteiger partial charge in [0.15, 0.2) is 0 Å². The molecular weight excluding hydrogens is 436 g/mol. The fourth-order valence-corrected chi connectivity index (χ4v) is 4.52. The van der Waals surface area contributed by atoms with Crippen LogP contribution in [0, 0.1) is 6.92 Å². The molecule has 0 aromatic heterocycles. The lowest BCUT2D eigenvalue weighted by Gasteiger charge is -2.24. The van der Waals surface area contributed by atoms with E-state index in [1.165, 1.54) is 24.3 Å². The molecule has 31 heavy (non-hydrogen) atoms. The van der Waals surface area contributed by atoms with Crippen molar-refractivity contribution in [3.05, 3.63) is 83.4 Å². The van der Waals surface area contributed by atoms with E-state index in [0.29, 0.717) is 28.8 Å². The number of carbonyl (C=O) groups is 1. The van der Waals surface area contributed by atoms with Crippen LogP contribution in [0.15, 0.2) is 77.7 Å². The normalized spacial score (nSPS) is 11.1. The smallest absolute Gasteiger partial charge is 0.264 e. The molecule has 0 aliphatic rings. The van der Waals surface area contributed by atoms with Crippen LogP contribution in [-0.4, -0.2) is 27.5 Å². The molecule has 6 nitrogen and oxygen atoms in total. The minimum Gasteiger partial charge on any atom is -0.494 e. The van der Waals surface area contributed by atoms with Gasteiger partial charge in [0.25, 0.3) is 10.0 Å². The number of anilines is 2. The number of halogens is 1. The summed E-state index contributed by atoms with van der Waals surface area (Å²) in [6.07, 6.45) is 0. The van der Waals surface area contributed by atoms with Gasteiger partial charge in [0.2, 0.25) is 5.91 Å². The second-order valence-electron chi connectivity index (χ2n) is 6.81. The molecule has 0 saturated heterocycles. The number of carbonyl (C=O) groups excluding carboxylic acids is 1. The third-order valence-electron chi connectivity index (χ3n) is 4.43. The highest BCUT2D eigenvalue weighted by molar-refractivity contribution is 7.92. The number of hydrogen-bond donors (Lipinski definition) is 1. The first-order valence-electron chi connectivity index (χ1n) is 9.67. The van der Waals surface area contributed by atoms with Crippen LogP contribution in [-0.2, 0) is 14.8 Å². The van der Waals surface area contributed by atoms with Crippen LogP contribution in [0.1, 0.15) is 12.5 Å². The van der Waals surface area contributed by atoms with E-state index in [-0.39, 0.29) is 4.90 Å². The summed E-state index contributed by atoms with van der Waals surface area (Å²) < 4.78 is 33.2. The Morgan fingerprint density at radius 1 is 1.03 bits per heavy atom. The van der Waals surface area contributed by atoms with Crippen molar-refractivity contribution in [3.63, 3.8) is 0 Å². The molecule has 0 aliphatic heterocycles. The van der Waals surface area contributed by atoms with Crippen molar-refractivity contribution < 1.29 is 17.9 Å². The molecule has 3 aromatic carbocycles. The van der Waals surface area contributed by atoms with E-state index in [0.717, 1.165) is 9.87 Å². The van der Waals surface area contributed by atoms with Crippen LogP contribution in [0.5, 0.6) is 5.75 Å². The number of nitrogens with one attached hydrogen (secondary N) is 1. The molecule has 3 rings (SSSR count). The highest BCUT2D eigenvalue weighted by Gasteiger charge is 2.27. The van der Waals surface area contributed by atoms with Crippen LogP contribution >= 0.6 is 11.6 Å². The van der Waals surface area contributed by atoms with Gasteiger partial charge in [-0.05, 0) is 80.1 Å². The van der Waals surface area contributed by atoms with Gasteiger partial charge in [-0.3, -0.25) is 9.10 Å². The van der Waals surface area contributed by atoms with Gasteiger partial charge < -0.3 is 10.1 Å². The van der Waals surface area contributed by atoms with Gasteiger partial charge in [-0.2, -0.15) is 0 Å². The maximum atomic E-state index is 13.4. The van der Waals surface area contributed by atoms with Gasteiger partial charge in [-0.15, -0.1) is 0 Å². The second kappa shape index (κ2) is 9.85. The summed E-state index contributed by atoms with van der Waals surface area (Å²) in [5, 5.41) is 3.18. The summed E-state index contributed by atoms with van der Waals surface area (Å²) in [5.74, 6) is 0.149. The van der Waals surface area contributed by atoms with Crippen LogP contribution in [0.25, 0.3) is 0 Å². The number of benzene rings is 3. The number of aryl methyl sites for hydroxylation is 1. The lowest BCUT2D eigenvalue weighted by atomic mass is 10.2. The third kappa shape index (κ3) is 5.77. The highest BCUT2D eigenvalue weighted by Crippen LogP contribution is 2.27. The van der Waals surface area contributed by atoms with Crippen molar-refractivity contribution in [2.45, 2.75) is 18.7 Å². The lowest BCUT2D eigenvalue weighted by molar-refractivity contribution is -0.114. The number of ether oxygens (including phenoxy) is 1. The molecule has 162 valence electrons. The summed E-state index contributed by atoms with van der Waals surface area (Å²) in [5.41, 5.74) is 1.92. The number of nitrogens with zero attached hydrogens (tertiary/aromatic N) is 1. The second-order valence-corrected chi connectivity index (χ2v) is 9.11. The predicted molar refractivity (Wildman–Crippen MR) is 123 cm³/mol. The SMILES string of the molecule is CCOc1ccc(N(CC(=O)Nc2cccc(C)c2)S(=O)(=O)c2ccc(Cl)cc2)cc1. The van der Waals surface area contributed by atoms with Crippen molar-refractivity contribution in [1.82, 2.24) is 0 Å². The molecule has 0 unspecified atom stereocenters. The summed E-state index contributed by atoms with van der Waals surface area (Å²) in [4.78, 5) is 12.8. The Morgan fingerprint density at radius 2 is 1.71 bits per heavy atom. The first kappa shape index (κ1) is 22.7. The van der Waals surface area contributed by atoms with Gasteiger partial charge in [0, 0.05) is 10.7 Å². The zero-order valence-electron chi connectivity index (χ0n) is 17.2. The largest absolute Gasteiger partial charge is 0.494 e. The number of hydrogen-bond acceptors (Lipinski definition) is 4. The van der Waals surface area contributed by atoms with E-state index < -0.39 is 22.5 Å². The van der Waals surface area contributed by atoms with Crippen LogP contribution < -0.4 is 14.4 Å². The molecule has 0 aliphatic carbocycles. The van der Waals surface area contributed by atoms with Gasteiger partial charge >= 0.3 is 0 Å². The molecule has 0 heterocycles. The molecule has 1 N–H and O–H groups in total. The predicted octanol–water partition coefficient (Wildman–Crippen LogP) is 4.88. The van der Waals surface area contributed by atoms with E-state index in [9.17, 15) is 13.2 Å². The van der Waals surface area contributed by atoms with E-state index in [1.807, 2.05) is 32.0 Å². The third-order valence-corrected chi connectivity index (χ3v) is 6.47. The Kier molecular flexibility index (Phi) is 7.20. The Morgan fingerprint density at radius 3 is 2.32 bits per heavy atom. The van der Waals surface area contributed by atoms with Crippen LogP contribution in [0.2, 0.25) is 5.02 Å². The quantitative estimate of drug-likeness (QED) is 0.522. The summed E-state index contributed by atoms with van der Waals surface area (Å²) >= 11 is 5.91. The summed E-state index contributed by atoms with van der Waals surface area (Å²) in [6.45, 7) is 3.87. The fraction of sp³-hybridized carbons (Fsp3) is 0.174. The minimum atomic E-state index is -4.02. The maximum absolute atomic E-state index is 13.4. The molecule has 3 aromatic rings. The first-order valence-corrected chi connectivity index (χ1v) is 11.5. The summed E-state index contributed by atoms with van der Waals surface area (Å²) in [6, 6.07) is 19.7. The van der Waals surface area contributed by atoms with Crippen LogP contribution in [0.4, 0.5) is 11.4 Å². The molecule has 0 atom stereocenters. The molecule has 0 saturated carbocycles. The van der Waals surface area contributed by atoms with Crippen molar-refractivity contribution in [2.24, 2.45) is 0 Å². The number of amides is 1. The van der Waals surface area contributed by atoms with Gasteiger partial charge in [-0.25, -0.2) is 8.42 Å². The monoisotopic (exact) mass is 458 g/mol. The molecule has 0 radical (unpaired) electrons. The van der Waals surface area contributed by atoms with Gasteiger partial charge in [0.05, 0.1) is 17.2 Å². The Bertz CT molecular complexity index is 1150. The zero-order valence-corrected chi connectivity index (χ0v) is 18.8. The van der Waals surface area contributed by atoms with E-state index in [2.05, 4.69) is 5.32 Å². The average molecular weight is 459 g/mol. The Balaban J connectivity index is 1.93. The van der Waals surface area contributed by atoms with Crippen LogP contribution in [0.3, 0.4) is 0 Å². The molecule has 0 fully saturated rings. The molecule has 0 bridgehead atoms. The fourth-order valence-electron chi connectivity index (χ4n) is 2.98. The molecule has 0 spiro atoms. The van der Waals surface area contributed by atoms with E-state index >= 15 is 0 Å². The zero-order chi connectivity index (χ0) is 22.4. The highest BCUT2D eigenvalue weighted by atomic mass is 35.5. The molecule has 8 heteroatoms. The van der Waals surface area contributed by atoms with Gasteiger partial charge in [0.1, 0.15) is 12.3 Å². The van der Waals surface area contributed by atoms with Crippen molar-refractivity contribution in [3.8, 4) is 5.75 Å². The van der Waals surface area contributed by atoms with Crippen molar-refractivity contribution in [1.29, 1.82) is 0 Å². The Labute approximate surface area is 187 Å².